The molecule has 0 N–H and O–H groups in total. The van der Waals surface area contributed by atoms with Crippen LogP contribution in [0.4, 0.5) is 14.6 Å². The van der Waals surface area contributed by atoms with Crippen LogP contribution in [0, 0.1) is 23.1 Å². The van der Waals surface area contributed by atoms with E-state index in [1.165, 1.54) is 0 Å². The van der Waals surface area contributed by atoms with Crippen molar-refractivity contribution in [1.82, 2.24) is 29.7 Å². The molecule has 14 heteroatoms. The number of anilines is 1. The maximum atomic E-state index is 17.0. The van der Waals surface area contributed by atoms with Crippen molar-refractivity contribution in [2.24, 2.45) is 5.92 Å². The molecule has 0 bridgehead atoms. The Balaban J connectivity index is 1.03. The zero-order valence-electron chi connectivity index (χ0n) is 30.5. The fourth-order valence-corrected chi connectivity index (χ4v) is 9.93. The minimum absolute atomic E-state index is 0.0203. The first kappa shape index (κ1) is 36.2. The number of likely N-dealkylation sites (tertiary alicyclic amines) is 1. The van der Waals surface area contributed by atoms with Gasteiger partial charge in [0, 0.05) is 79.3 Å². The Bertz CT molecular complexity index is 2200. The topological polar surface area (TPSA) is 111 Å². The highest BCUT2D eigenvalue weighted by Gasteiger charge is 2.49. The molecule has 4 aromatic rings. The van der Waals surface area contributed by atoms with Gasteiger partial charge in [-0.15, -0.1) is 0 Å². The number of nitriles is 1. The first-order chi connectivity index (χ1) is 26.8. The number of carbonyl (C=O) groups is 1. The molecule has 0 spiro atoms. The van der Waals surface area contributed by atoms with Gasteiger partial charge in [0.15, 0.2) is 5.82 Å². The molecule has 5 atom stereocenters. The van der Waals surface area contributed by atoms with Gasteiger partial charge in [-0.25, -0.2) is 8.78 Å². The number of halogens is 3. The van der Waals surface area contributed by atoms with Gasteiger partial charge in [0.2, 0.25) is 5.91 Å². The van der Waals surface area contributed by atoms with Crippen molar-refractivity contribution in [2.45, 2.75) is 55.9 Å². The van der Waals surface area contributed by atoms with Crippen LogP contribution in [0.15, 0.2) is 54.7 Å². The number of amides is 1. The number of hydrogen-bond acceptors (Lipinski definition) is 10. The lowest BCUT2D eigenvalue weighted by molar-refractivity contribution is -0.128. The molecule has 286 valence electrons. The zero-order chi connectivity index (χ0) is 37.7. The molecule has 1 amide bonds. The molecule has 0 radical (unpaired) electrons. The second-order valence-electron chi connectivity index (χ2n) is 15.6. The number of pyridine rings is 1. The lowest BCUT2D eigenvalue weighted by Crippen LogP contribution is -2.55. The van der Waals surface area contributed by atoms with Crippen molar-refractivity contribution >= 4 is 45.0 Å². The fourth-order valence-electron chi connectivity index (χ4n) is 9.65. The van der Waals surface area contributed by atoms with Crippen molar-refractivity contribution < 1.29 is 23.0 Å². The van der Waals surface area contributed by atoms with Gasteiger partial charge in [-0.1, -0.05) is 48.0 Å². The molecule has 9 rings (SSSR count). The summed E-state index contributed by atoms with van der Waals surface area (Å²) in [6.45, 7) is 5.55. The number of nitrogens with zero attached hydrogens (tertiary/aromatic N) is 8. The van der Waals surface area contributed by atoms with Gasteiger partial charge in [0.1, 0.15) is 29.8 Å². The average Bonchev–Trinajstić information content (AvgIpc) is 3.97. The van der Waals surface area contributed by atoms with Crippen LogP contribution in [0.3, 0.4) is 0 Å². The standard InChI is InChI=1S/C41H43ClF2N8O3/c42-32-8-2-6-26-5-1-7-30(35(26)32)37-36(44)38-31(20-46-37)39(48-40(47-38)55-25-41-12-4-15-51(41)21-28(43)19-41)50-17-18-52(29(22-50)10-13-45)34(53)9-3-14-49-16-11-27-23-54-24-33(27)49/h1-3,5-9,20,27-29,33H,4,10-12,14-19,21-25H2/b9-3+/t27-,28-,29+,33-,41+/m1/s1. The van der Waals surface area contributed by atoms with E-state index in [9.17, 15) is 14.4 Å². The van der Waals surface area contributed by atoms with Crippen LogP contribution in [-0.4, -0.2) is 125 Å². The van der Waals surface area contributed by atoms with Crippen LogP contribution >= 0.6 is 11.6 Å². The number of piperazine rings is 1. The predicted molar refractivity (Wildman–Crippen MR) is 205 cm³/mol. The number of ether oxygens (including phenoxy) is 2. The van der Waals surface area contributed by atoms with Gasteiger partial charge in [0.25, 0.3) is 0 Å². The molecular formula is C41H43ClF2N8O3. The zero-order valence-corrected chi connectivity index (χ0v) is 31.3. The third kappa shape index (κ3) is 6.67. The molecule has 2 aromatic heterocycles. The number of rotatable bonds is 9. The highest BCUT2D eigenvalue weighted by molar-refractivity contribution is 6.36. The summed E-state index contributed by atoms with van der Waals surface area (Å²) in [7, 11) is 0. The fraction of sp³-hybridized carbons (Fsp3) is 0.488. The van der Waals surface area contributed by atoms with E-state index >= 15 is 4.39 Å². The Labute approximate surface area is 323 Å². The molecule has 2 aromatic carbocycles. The summed E-state index contributed by atoms with van der Waals surface area (Å²) < 4.78 is 43.6. The number of hydrogen-bond donors (Lipinski definition) is 0. The largest absolute Gasteiger partial charge is 0.461 e. The minimum Gasteiger partial charge on any atom is -0.461 e. The number of carbonyl (C=O) groups excluding carboxylic acids is 1. The Morgan fingerprint density at radius 2 is 2.00 bits per heavy atom. The van der Waals surface area contributed by atoms with Gasteiger partial charge in [-0.05, 0) is 43.8 Å². The Kier molecular flexibility index (Phi) is 9.79. The van der Waals surface area contributed by atoms with Gasteiger partial charge < -0.3 is 19.3 Å². The van der Waals surface area contributed by atoms with E-state index in [4.69, 9.17) is 26.1 Å². The van der Waals surface area contributed by atoms with Gasteiger partial charge in [-0.2, -0.15) is 15.2 Å². The number of aromatic nitrogens is 3. The second kappa shape index (κ2) is 14.9. The summed E-state index contributed by atoms with van der Waals surface area (Å²) >= 11 is 6.65. The summed E-state index contributed by atoms with van der Waals surface area (Å²) in [5, 5.41) is 12.2. The van der Waals surface area contributed by atoms with E-state index in [0.717, 1.165) is 51.0 Å². The Hall–Kier alpha value is -4.48. The molecule has 0 saturated carbocycles. The molecule has 11 nitrogen and oxygen atoms in total. The normalized spacial score (nSPS) is 27.0. The number of alkyl halides is 1. The monoisotopic (exact) mass is 768 g/mol. The molecule has 5 aliphatic heterocycles. The van der Waals surface area contributed by atoms with Crippen LogP contribution in [0.1, 0.15) is 32.1 Å². The van der Waals surface area contributed by atoms with Gasteiger partial charge >= 0.3 is 6.01 Å². The molecule has 0 aliphatic carbocycles. The quantitative estimate of drug-likeness (QED) is 0.194. The van der Waals surface area contributed by atoms with E-state index in [2.05, 4.69) is 25.8 Å². The van der Waals surface area contributed by atoms with Crippen LogP contribution in [0.5, 0.6) is 6.01 Å². The van der Waals surface area contributed by atoms with Crippen LogP contribution in [-0.2, 0) is 9.53 Å². The SMILES string of the molecule is N#CC[C@H]1CN(c2nc(OC[C@@]34CCCN3C[C@H](F)C4)nc3c(F)c(-c4cccc5cccc(Cl)c45)ncc23)CCN1C(=O)/C=C/CN1CC[C@@H]2COC[C@H]21. The van der Waals surface area contributed by atoms with E-state index in [1.807, 2.05) is 35.2 Å². The van der Waals surface area contributed by atoms with E-state index in [-0.39, 0.29) is 42.7 Å². The van der Waals surface area contributed by atoms with Gasteiger partial charge in [0.05, 0.1) is 42.7 Å². The minimum atomic E-state index is -0.934. The number of fused-ring (bicyclic) bond motifs is 4. The van der Waals surface area contributed by atoms with Gasteiger partial charge in [-0.3, -0.25) is 19.6 Å². The maximum Gasteiger partial charge on any atom is 0.319 e. The third-order valence-electron chi connectivity index (χ3n) is 12.4. The summed E-state index contributed by atoms with van der Waals surface area (Å²) in [4.78, 5) is 35.9. The summed E-state index contributed by atoms with van der Waals surface area (Å²) in [6, 6.07) is 13.3. The van der Waals surface area contributed by atoms with E-state index in [1.54, 1.807) is 29.3 Å². The summed E-state index contributed by atoms with van der Waals surface area (Å²) in [5.74, 6) is 0.168. The lowest BCUT2D eigenvalue weighted by Gasteiger charge is -2.41. The molecule has 55 heavy (non-hydrogen) atoms. The Morgan fingerprint density at radius 3 is 2.87 bits per heavy atom. The van der Waals surface area contributed by atoms with Crippen molar-refractivity contribution in [1.29, 1.82) is 5.26 Å². The number of benzene rings is 2. The first-order valence-corrected chi connectivity index (χ1v) is 19.7. The van der Waals surface area contributed by atoms with E-state index < -0.39 is 23.6 Å². The lowest BCUT2D eigenvalue weighted by atomic mass is 9.95. The molecule has 5 aliphatic rings. The van der Waals surface area contributed by atoms with Crippen LogP contribution in [0.2, 0.25) is 5.02 Å². The second-order valence-corrected chi connectivity index (χ2v) is 16.0. The van der Waals surface area contributed by atoms with Crippen molar-refractivity contribution in [3.8, 4) is 23.3 Å². The molecule has 5 fully saturated rings. The summed E-state index contributed by atoms with van der Waals surface area (Å²) in [5.41, 5.74) is 0.187. The summed E-state index contributed by atoms with van der Waals surface area (Å²) in [6.07, 6.45) is 7.50. The molecule has 5 saturated heterocycles. The van der Waals surface area contributed by atoms with Crippen molar-refractivity contribution in [3.05, 3.63) is 65.6 Å². The maximum absolute atomic E-state index is 17.0. The third-order valence-corrected chi connectivity index (χ3v) is 12.7. The molecule has 0 unspecified atom stereocenters. The first-order valence-electron chi connectivity index (χ1n) is 19.3. The molecular weight excluding hydrogens is 726 g/mol. The smallest absolute Gasteiger partial charge is 0.319 e. The van der Waals surface area contributed by atoms with Crippen molar-refractivity contribution in [2.75, 3.05) is 70.5 Å². The van der Waals surface area contributed by atoms with Crippen LogP contribution < -0.4 is 9.64 Å². The predicted octanol–water partition coefficient (Wildman–Crippen LogP) is 5.80. The average molecular weight is 769 g/mol. The highest BCUT2D eigenvalue weighted by atomic mass is 35.5. The van der Waals surface area contributed by atoms with E-state index in [0.29, 0.717) is 71.7 Å². The van der Waals surface area contributed by atoms with Crippen LogP contribution in [0.25, 0.3) is 32.9 Å². The van der Waals surface area contributed by atoms with Crippen molar-refractivity contribution in [3.63, 3.8) is 0 Å². The highest BCUT2D eigenvalue weighted by Crippen LogP contribution is 2.41. The molecule has 7 heterocycles. The Morgan fingerprint density at radius 1 is 1.13 bits per heavy atom.